The topological polar surface area (TPSA) is 152 Å². The van der Waals surface area contributed by atoms with Crippen molar-refractivity contribution in [2.24, 2.45) is 5.41 Å². The van der Waals surface area contributed by atoms with Crippen LogP contribution in [0.4, 0.5) is 4.79 Å². The largest absolute Gasteiger partial charge is 0.465 e. The molecule has 0 radical (unpaired) electrons. The molecule has 4 rings (SSSR count). The minimum atomic E-state index is -1.31. The van der Waals surface area contributed by atoms with Gasteiger partial charge in [-0.3, -0.25) is 25.1 Å². The molecule has 1 saturated carbocycles. The van der Waals surface area contributed by atoms with Gasteiger partial charge in [-0.1, -0.05) is 37.3 Å². The van der Waals surface area contributed by atoms with Gasteiger partial charge in [0.15, 0.2) is 0 Å². The quantitative estimate of drug-likeness (QED) is 0.169. The highest BCUT2D eigenvalue weighted by atomic mass is 32.1. The normalized spacial score (nSPS) is 21.3. The number of aryl methyl sites for hydroxylation is 1. The number of benzene rings is 1. The van der Waals surface area contributed by atoms with Gasteiger partial charge in [-0.15, -0.1) is 11.3 Å². The minimum Gasteiger partial charge on any atom is -0.465 e. The Hall–Kier alpha value is -3.73. The molecule has 2 aromatic rings. The number of amidine groups is 1. The molecule has 1 aliphatic heterocycles. The van der Waals surface area contributed by atoms with Crippen molar-refractivity contribution in [2.75, 3.05) is 6.54 Å². The first-order chi connectivity index (χ1) is 18.2. The van der Waals surface area contributed by atoms with Gasteiger partial charge in [0.2, 0.25) is 17.7 Å². The van der Waals surface area contributed by atoms with Crippen LogP contribution in [0.2, 0.25) is 0 Å². The predicted molar refractivity (Wildman–Crippen MR) is 143 cm³/mol. The third kappa shape index (κ3) is 6.77. The number of nitrogens with zero attached hydrogens (tertiary/aromatic N) is 1. The van der Waals surface area contributed by atoms with E-state index in [-0.39, 0.29) is 48.1 Å². The lowest BCUT2D eigenvalue weighted by Crippen LogP contribution is -2.50. The third-order valence-corrected chi connectivity index (χ3v) is 8.17. The maximum Gasteiger partial charge on any atom is 0.410 e. The van der Waals surface area contributed by atoms with Crippen molar-refractivity contribution in [3.05, 3.63) is 57.8 Å². The van der Waals surface area contributed by atoms with E-state index >= 15 is 0 Å². The number of carbonyl (C=O) groups is 4. The first kappa shape index (κ1) is 27.3. The smallest absolute Gasteiger partial charge is 0.410 e. The van der Waals surface area contributed by atoms with Gasteiger partial charge in [0, 0.05) is 28.3 Å². The fourth-order valence-corrected chi connectivity index (χ4v) is 5.86. The Balaban J connectivity index is 1.23. The highest BCUT2D eigenvalue weighted by Crippen LogP contribution is 2.59. The summed E-state index contributed by atoms with van der Waals surface area (Å²) in [6, 6.07) is 11.2. The van der Waals surface area contributed by atoms with Crippen LogP contribution in [0, 0.1) is 10.8 Å². The Morgan fingerprint density at radius 3 is 2.63 bits per heavy atom. The number of unbranched alkanes of at least 4 members (excludes halogenated alkanes) is 1. The van der Waals surface area contributed by atoms with Crippen molar-refractivity contribution in [2.45, 2.75) is 64.1 Å². The van der Waals surface area contributed by atoms with Crippen LogP contribution in [0.25, 0.3) is 0 Å². The monoisotopic (exact) mass is 539 g/mol. The molecule has 11 heteroatoms. The molecule has 1 saturated heterocycles. The van der Waals surface area contributed by atoms with E-state index in [0.29, 0.717) is 18.4 Å². The van der Waals surface area contributed by atoms with Crippen molar-refractivity contribution >= 4 is 41.0 Å². The number of likely N-dealkylation sites (tertiary alicyclic amines) is 1. The molecule has 2 fully saturated rings. The molecule has 4 amide bonds. The number of fused-ring (bicyclic) bond motifs is 1. The summed E-state index contributed by atoms with van der Waals surface area (Å²) < 4.78 is 0. The molecular formula is C27H33N5O5S. The second-order valence-corrected chi connectivity index (χ2v) is 11.2. The number of amides is 4. The minimum absolute atomic E-state index is 0.00410. The Morgan fingerprint density at radius 1 is 1.13 bits per heavy atom. The summed E-state index contributed by atoms with van der Waals surface area (Å²) in [5.74, 6) is -0.903. The summed E-state index contributed by atoms with van der Waals surface area (Å²) in [7, 11) is 0. The van der Waals surface area contributed by atoms with Gasteiger partial charge in [-0.25, -0.2) is 4.79 Å². The van der Waals surface area contributed by atoms with Crippen molar-refractivity contribution < 1.29 is 24.3 Å². The van der Waals surface area contributed by atoms with Gasteiger partial charge in [0.25, 0.3) is 0 Å². The van der Waals surface area contributed by atoms with Gasteiger partial charge in [-0.2, -0.15) is 0 Å². The van der Waals surface area contributed by atoms with Crippen LogP contribution in [-0.4, -0.2) is 58.3 Å². The van der Waals surface area contributed by atoms with E-state index in [1.165, 1.54) is 16.9 Å². The van der Waals surface area contributed by atoms with Crippen LogP contribution in [0.3, 0.4) is 0 Å². The lowest BCUT2D eigenvalue weighted by Gasteiger charge is -2.27. The van der Waals surface area contributed by atoms with Gasteiger partial charge in [0.05, 0.1) is 13.1 Å². The average Bonchev–Trinajstić information content (AvgIpc) is 3.20. The number of nitrogens with one attached hydrogen (secondary N) is 4. The zero-order valence-electron chi connectivity index (χ0n) is 21.3. The van der Waals surface area contributed by atoms with Crippen molar-refractivity contribution in [1.82, 2.24) is 20.9 Å². The molecule has 2 heterocycles. The number of carboxylic acid groups (broad SMARTS) is 1. The Kier molecular flexibility index (Phi) is 8.45. The van der Waals surface area contributed by atoms with E-state index in [9.17, 15) is 19.2 Å². The van der Waals surface area contributed by atoms with Crippen LogP contribution < -0.4 is 16.0 Å². The van der Waals surface area contributed by atoms with Crippen LogP contribution >= 0.6 is 11.3 Å². The fourth-order valence-electron chi connectivity index (χ4n) is 5.05. The molecule has 0 spiro atoms. The summed E-state index contributed by atoms with van der Waals surface area (Å²) in [6.07, 6.45) is 3.01. The lowest BCUT2D eigenvalue weighted by atomic mass is 10.0. The summed E-state index contributed by atoms with van der Waals surface area (Å²) >= 11 is 1.31. The molecular weight excluding hydrogens is 506 g/mol. The molecule has 1 aromatic carbocycles. The van der Waals surface area contributed by atoms with Crippen LogP contribution in [0.5, 0.6) is 0 Å². The molecule has 10 nitrogen and oxygen atoms in total. The number of thiophene rings is 1. The van der Waals surface area contributed by atoms with Crippen molar-refractivity contribution in [1.29, 1.82) is 5.41 Å². The number of piperidine rings is 1. The van der Waals surface area contributed by atoms with E-state index < -0.39 is 12.1 Å². The van der Waals surface area contributed by atoms with E-state index in [4.69, 9.17) is 10.5 Å². The summed E-state index contributed by atoms with van der Waals surface area (Å²) in [6.45, 7) is 2.16. The first-order valence-electron chi connectivity index (χ1n) is 12.7. The maximum atomic E-state index is 13.1. The van der Waals surface area contributed by atoms with Gasteiger partial charge < -0.3 is 20.6 Å². The first-order valence-corrected chi connectivity index (χ1v) is 13.6. The Labute approximate surface area is 225 Å². The van der Waals surface area contributed by atoms with E-state index in [0.717, 1.165) is 30.6 Å². The Bertz CT molecular complexity index is 1220. The van der Waals surface area contributed by atoms with Gasteiger partial charge >= 0.3 is 6.09 Å². The molecule has 0 bridgehead atoms. The van der Waals surface area contributed by atoms with Crippen LogP contribution in [0.1, 0.15) is 55.0 Å². The molecule has 1 aliphatic carbocycles. The lowest BCUT2D eigenvalue weighted by molar-refractivity contribution is -0.140. The van der Waals surface area contributed by atoms with E-state index in [1.54, 1.807) is 16.3 Å². The molecule has 202 valence electrons. The fraction of sp³-hybridized carbons (Fsp3) is 0.444. The van der Waals surface area contributed by atoms with E-state index in [1.807, 2.05) is 23.5 Å². The molecule has 0 unspecified atom stereocenters. The molecule has 3 atom stereocenters. The van der Waals surface area contributed by atoms with Crippen molar-refractivity contribution in [3.63, 3.8) is 0 Å². The van der Waals surface area contributed by atoms with E-state index in [2.05, 4.69) is 29.7 Å². The second-order valence-electron chi connectivity index (χ2n) is 10.2. The molecule has 5 N–H and O–H groups in total. The van der Waals surface area contributed by atoms with Crippen LogP contribution in [-0.2, 0) is 27.3 Å². The van der Waals surface area contributed by atoms with Gasteiger partial charge in [-0.05, 0) is 49.1 Å². The maximum absolute atomic E-state index is 13.1. The van der Waals surface area contributed by atoms with Crippen molar-refractivity contribution in [3.8, 4) is 0 Å². The number of rotatable bonds is 11. The molecule has 38 heavy (non-hydrogen) atoms. The zero-order chi connectivity index (χ0) is 27.3. The van der Waals surface area contributed by atoms with Crippen LogP contribution in [0.15, 0.2) is 41.8 Å². The SMILES string of the molecule is C[C@@]12C[C@@H]1N(C(=O)CNC(=O)CCCCc1ccccc1)[C@H](C(=O)NCc1cc(C(=N)NC(=O)O)cs1)C2. The average molecular weight is 540 g/mol. The summed E-state index contributed by atoms with van der Waals surface area (Å²) in [5.41, 5.74) is 1.58. The predicted octanol–water partition coefficient (Wildman–Crippen LogP) is 2.87. The highest BCUT2D eigenvalue weighted by molar-refractivity contribution is 7.10. The summed E-state index contributed by atoms with van der Waals surface area (Å²) in [4.78, 5) is 51.5. The number of hydrogen-bond acceptors (Lipinski definition) is 6. The number of hydrogen-bond donors (Lipinski definition) is 5. The highest BCUT2D eigenvalue weighted by Gasteiger charge is 2.64. The molecule has 1 aromatic heterocycles. The van der Waals surface area contributed by atoms with Gasteiger partial charge in [0.1, 0.15) is 11.9 Å². The summed E-state index contributed by atoms with van der Waals surface area (Å²) in [5, 5.41) is 25.8. The second kappa shape index (κ2) is 11.8. The zero-order valence-corrected chi connectivity index (χ0v) is 22.1. The number of carbonyl (C=O) groups excluding carboxylic acids is 3. The third-order valence-electron chi connectivity index (χ3n) is 7.24. The Morgan fingerprint density at radius 2 is 1.89 bits per heavy atom. The standard InChI is InChI=1S/C27H33N5O5S/c1-27-12-20(25(35)30-14-19-11-18(16-38-19)24(28)31-26(36)37)32(21(27)13-27)23(34)15-29-22(33)10-6-5-9-17-7-3-2-4-8-17/h2-4,7-8,11,16,20-21H,5-6,9-10,12-15H2,1H3,(H2,28,31)(H,29,33)(H,30,35)(H,36,37)/t20-,21-,27+/m0/s1. The molecule has 2 aliphatic rings.